The number of carbonyl (C=O) groups is 2. The number of carbonyl (C=O) groups excluding carboxylic acids is 2. The van der Waals surface area contributed by atoms with Crippen molar-refractivity contribution in [2.75, 3.05) is 25.0 Å². The maximum atomic E-state index is 11.8. The van der Waals surface area contributed by atoms with E-state index in [0.717, 1.165) is 5.69 Å². The molecule has 0 saturated carbocycles. The Hall–Kier alpha value is -1.88. The summed E-state index contributed by atoms with van der Waals surface area (Å²) < 4.78 is 0. The van der Waals surface area contributed by atoms with Crippen molar-refractivity contribution in [3.8, 4) is 0 Å². The number of hydrogen-bond donors (Lipinski definition) is 2. The predicted molar refractivity (Wildman–Crippen MR) is 104 cm³/mol. The quantitative estimate of drug-likeness (QED) is 0.581. The van der Waals surface area contributed by atoms with E-state index < -0.39 is 0 Å². The molecule has 0 aliphatic carbocycles. The molecule has 0 spiro atoms. The minimum absolute atomic E-state index is 0.176. The summed E-state index contributed by atoms with van der Waals surface area (Å²) in [6.07, 6.45) is 7.36. The first kappa shape index (κ1) is 18.9. The molecular weight excluding hydrogens is 326 g/mol. The van der Waals surface area contributed by atoms with Crippen LogP contribution in [-0.4, -0.2) is 42.4 Å². The second-order valence-electron chi connectivity index (χ2n) is 7.59. The molecule has 5 nitrogen and oxygen atoms in total. The highest BCUT2D eigenvalue weighted by atomic mass is 16.2. The van der Waals surface area contributed by atoms with Crippen LogP contribution in [0.1, 0.15) is 63.4 Å². The Morgan fingerprint density at radius 1 is 1.08 bits per heavy atom. The third kappa shape index (κ3) is 5.07. The zero-order chi connectivity index (χ0) is 18.4. The molecule has 142 valence electrons. The van der Waals surface area contributed by atoms with Crippen molar-refractivity contribution in [2.45, 2.75) is 63.8 Å². The van der Waals surface area contributed by atoms with Gasteiger partial charge in [0, 0.05) is 12.1 Å². The molecule has 2 heterocycles. The van der Waals surface area contributed by atoms with Crippen LogP contribution in [-0.2, 0) is 9.59 Å². The fourth-order valence-electron chi connectivity index (χ4n) is 3.96. The average molecular weight is 357 g/mol. The summed E-state index contributed by atoms with van der Waals surface area (Å²) in [5.74, 6) is 0.243. The van der Waals surface area contributed by atoms with Gasteiger partial charge >= 0.3 is 0 Å². The lowest BCUT2D eigenvalue weighted by Crippen LogP contribution is -2.47. The largest absolute Gasteiger partial charge is 0.374 e. The van der Waals surface area contributed by atoms with Gasteiger partial charge in [0.1, 0.15) is 6.04 Å². The molecule has 2 amide bonds. The van der Waals surface area contributed by atoms with E-state index in [0.29, 0.717) is 18.8 Å². The molecule has 1 aromatic rings. The van der Waals surface area contributed by atoms with Crippen LogP contribution in [0.5, 0.6) is 0 Å². The number of benzene rings is 1. The molecule has 3 rings (SSSR count). The van der Waals surface area contributed by atoms with E-state index in [1.807, 2.05) is 0 Å². The van der Waals surface area contributed by atoms with E-state index in [4.69, 9.17) is 0 Å². The molecule has 1 atom stereocenters. The monoisotopic (exact) mass is 357 g/mol. The topological polar surface area (TPSA) is 61.4 Å². The van der Waals surface area contributed by atoms with E-state index in [1.165, 1.54) is 57.3 Å². The Morgan fingerprint density at radius 2 is 1.81 bits per heavy atom. The zero-order valence-electron chi connectivity index (χ0n) is 15.8. The van der Waals surface area contributed by atoms with Crippen molar-refractivity contribution >= 4 is 17.5 Å². The Morgan fingerprint density at radius 3 is 2.46 bits per heavy atom. The first-order valence-corrected chi connectivity index (χ1v) is 10.1. The third-order valence-corrected chi connectivity index (χ3v) is 5.63. The lowest BCUT2D eigenvalue weighted by Gasteiger charge is -2.32. The average Bonchev–Trinajstić information content (AvgIpc) is 2.65. The summed E-state index contributed by atoms with van der Waals surface area (Å²) >= 11 is 0. The molecule has 2 aliphatic heterocycles. The summed E-state index contributed by atoms with van der Waals surface area (Å²) in [6.45, 7) is 5.90. The Labute approximate surface area is 156 Å². The number of unbranched alkanes of at least 4 members (excludes halogenated alkanes) is 2. The van der Waals surface area contributed by atoms with Crippen LogP contribution in [0.4, 0.5) is 5.69 Å². The summed E-state index contributed by atoms with van der Waals surface area (Å²) in [7, 11) is 0. The molecular formula is C21H31N3O2. The second kappa shape index (κ2) is 9.17. The minimum atomic E-state index is -0.315. The van der Waals surface area contributed by atoms with Gasteiger partial charge in [0.05, 0.1) is 0 Å². The number of nitrogens with zero attached hydrogens (tertiary/aromatic N) is 1. The number of imide groups is 1. The number of likely N-dealkylation sites (tertiary alicyclic amines) is 1. The lowest BCUT2D eigenvalue weighted by molar-refractivity contribution is -0.133. The standard InChI is InChI=1S/C21H31N3O2/c1-2-3-4-13-24-14-11-17(12-15-24)16-5-7-18(8-6-16)22-19-9-10-20(25)23-21(19)26/h5-8,17,19,22H,2-4,9-15H2,1H3,(H,23,25,26). The molecule has 2 N–H and O–H groups in total. The van der Waals surface area contributed by atoms with Gasteiger partial charge in [0.15, 0.2) is 0 Å². The number of rotatable bonds is 7. The van der Waals surface area contributed by atoms with Gasteiger partial charge in [-0.05, 0) is 68.9 Å². The fraction of sp³-hybridized carbons (Fsp3) is 0.619. The van der Waals surface area contributed by atoms with Gasteiger partial charge in [0.2, 0.25) is 11.8 Å². The lowest BCUT2D eigenvalue weighted by atomic mass is 9.89. The van der Waals surface area contributed by atoms with Crippen molar-refractivity contribution in [1.29, 1.82) is 0 Å². The Balaban J connectivity index is 1.47. The molecule has 0 bridgehead atoms. The number of amides is 2. The van der Waals surface area contributed by atoms with E-state index in [-0.39, 0.29) is 17.9 Å². The van der Waals surface area contributed by atoms with Crippen LogP contribution >= 0.6 is 0 Å². The molecule has 0 aromatic heterocycles. The highest BCUT2D eigenvalue weighted by molar-refractivity contribution is 6.01. The maximum absolute atomic E-state index is 11.8. The van der Waals surface area contributed by atoms with Crippen molar-refractivity contribution in [2.24, 2.45) is 0 Å². The Bertz CT molecular complexity index is 606. The number of hydrogen-bond acceptors (Lipinski definition) is 4. The van der Waals surface area contributed by atoms with Gasteiger partial charge < -0.3 is 10.2 Å². The maximum Gasteiger partial charge on any atom is 0.249 e. The van der Waals surface area contributed by atoms with Crippen LogP contribution in [0.15, 0.2) is 24.3 Å². The summed E-state index contributed by atoms with van der Waals surface area (Å²) in [4.78, 5) is 25.7. The fourth-order valence-corrected chi connectivity index (χ4v) is 3.96. The minimum Gasteiger partial charge on any atom is -0.374 e. The molecule has 5 heteroatoms. The van der Waals surface area contributed by atoms with Gasteiger partial charge in [0.25, 0.3) is 0 Å². The second-order valence-corrected chi connectivity index (χ2v) is 7.59. The van der Waals surface area contributed by atoms with Crippen molar-refractivity contribution in [3.63, 3.8) is 0 Å². The van der Waals surface area contributed by atoms with Gasteiger partial charge in [-0.3, -0.25) is 14.9 Å². The van der Waals surface area contributed by atoms with Crippen LogP contribution in [0, 0.1) is 0 Å². The van der Waals surface area contributed by atoms with Gasteiger partial charge in [-0.1, -0.05) is 31.9 Å². The van der Waals surface area contributed by atoms with Crippen LogP contribution < -0.4 is 10.6 Å². The van der Waals surface area contributed by atoms with Crippen LogP contribution in [0.25, 0.3) is 0 Å². The van der Waals surface area contributed by atoms with Gasteiger partial charge in [-0.25, -0.2) is 0 Å². The number of nitrogens with one attached hydrogen (secondary N) is 2. The van der Waals surface area contributed by atoms with E-state index in [1.54, 1.807) is 0 Å². The van der Waals surface area contributed by atoms with Crippen LogP contribution in [0.3, 0.4) is 0 Å². The van der Waals surface area contributed by atoms with Gasteiger partial charge in [-0.15, -0.1) is 0 Å². The molecule has 26 heavy (non-hydrogen) atoms. The van der Waals surface area contributed by atoms with Crippen molar-refractivity contribution in [1.82, 2.24) is 10.2 Å². The summed E-state index contributed by atoms with van der Waals surface area (Å²) in [6, 6.07) is 8.18. The zero-order valence-corrected chi connectivity index (χ0v) is 15.8. The molecule has 2 aliphatic rings. The molecule has 1 aromatic carbocycles. The van der Waals surface area contributed by atoms with Gasteiger partial charge in [-0.2, -0.15) is 0 Å². The Kier molecular flexibility index (Phi) is 6.67. The summed E-state index contributed by atoms with van der Waals surface area (Å²) in [5, 5.41) is 5.63. The highest BCUT2D eigenvalue weighted by Crippen LogP contribution is 2.29. The first-order valence-electron chi connectivity index (χ1n) is 10.1. The molecule has 1 unspecified atom stereocenters. The normalized spacial score (nSPS) is 22.3. The van der Waals surface area contributed by atoms with Crippen molar-refractivity contribution in [3.05, 3.63) is 29.8 Å². The highest BCUT2D eigenvalue weighted by Gasteiger charge is 2.26. The summed E-state index contributed by atoms with van der Waals surface area (Å²) in [5.41, 5.74) is 2.34. The first-order chi connectivity index (χ1) is 12.7. The smallest absolute Gasteiger partial charge is 0.249 e. The van der Waals surface area contributed by atoms with Crippen LogP contribution in [0.2, 0.25) is 0 Å². The number of anilines is 1. The van der Waals surface area contributed by atoms with E-state index >= 15 is 0 Å². The molecule has 2 saturated heterocycles. The van der Waals surface area contributed by atoms with E-state index in [9.17, 15) is 9.59 Å². The molecule has 0 radical (unpaired) electrons. The third-order valence-electron chi connectivity index (χ3n) is 5.63. The molecule has 2 fully saturated rings. The van der Waals surface area contributed by atoms with E-state index in [2.05, 4.69) is 46.7 Å². The van der Waals surface area contributed by atoms with Crippen molar-refractivity contribution < 1.29 is 9.59 Å². The number of piperidine rings is 2. The predicted octanol–water partition coefficient (Wildman–Crippen LogP) is 3.27. The SMILES string of the molecule is CCCCCN1CCC(c2ccc(NC3CCC(=O)NC3=O)cc2)CC1.